The number of nitrogens with zero attached hydrogens (tertiary/aromatic N) is 3. The van der Waals surface area contributed by atoms with Gasteiger partial charge in [0.15, 0.2) is 0 Å². The lowest BCUT2D eigenvalue weighted by Crippen LogP contribution is -2.34. The molecule has 0 saturated heterocycles. The second-order valence-corrected chi connectivity index (χ2v) is 7.91. The van der Waals surface area contributed by atoms with Crippen molar-refractivity contribution >= 4 is 5.91 Å². The lowest BCUT2D eigenvalue weighted by Gasteiger charge is -2.25. The number of hydrogen-bond donors (Lipinski definition) is 0. The van der Waals surface area contributed by atoms with Crippen LogP contribution in [0.2, 0.25) is 0 Å². The van der Waals surface area contributed by atoms with Crippen LogP contribution in [0.25, 0.3) is 0 Å². The van der Waals surface area contributed by atoms with Crippen molar-refractivity contribution in [3.8, 4) is 0 Å². The number of benzene rings is 2. The van der Waals surface area contributed by atoms with Crippen molar-refractivity contribution in [3.05, 3.63) is 89.0 Å². The molecule has 4 heteroatoms. The normalized spacial score (nSPS) is 11.0. The lowest BCUT2D eigenvalue weighted by atomic mass is 10.1. The van der Waals surface area contributed by atoms with Crippen molar-refractivity contribution in [3.63, 3.8) is 0 Å². The van der Waals surface area contributed by atoms with Crippen molar-refractivity contribution in [2.24, 2.45) is 5.92 Å². The fourth-order valence-electron chi connectivity index (χ4n) is 3.35. The van der Waals surface area contributed by atoms with Crippen LogP contribution in [0.1, 0.15) is 46.7 Å². The first kappa shape index (κ1) is 19.9. The summed E-state index contributed by atoms with van der Waals surface area (Å²) in [4.78, 5) is 19.6. The number of rotatable bonds is 7. The molecule has 0 fully saturated rings. The SMILES string of the molecule is Cc1ccc(C(=O)N(Cc2nccn2Cc2cccc(C)c2)CC(C)C)cc1. The van der Waals surface area contributed by atoms with Crippen molar-refractivity contribution in [1.82, 2.24) is 14.5 Å². The molecule has 4 nitrogen and oxygen atoms in total. The van der Waals surface area contributed by atoms with E-state index in [4.69, 9.17) is 0 Å². The summed E-state index contributed by atoms with van der Waals surface area (Å²) in [6.07, 6.45) is 3.80. The van der Waals surface area contributed by atoms with Gasteiger partial charge in [-0.25, -0.2) is 4.98 Å². The van der Waals surface area contributed by atoms with E-state index < -0.39 is 0 Å². The van der Waals surface area contributed by atoms with Gasteiger partial charge >= 0.3 is 0 Å². The molecule has 1 aromatic heterocycles. The molecule has 0 N–H and O–H groups in total. The van der Waals surface area contributed by atoms with Crippen molar-refractivity contribution in [1.29, 1.82) is 0 Å². The van der Waals surface area contributed by atoms with E-state index in [1.54, 1.807) is 0 Å². The fraction of sp³-hybridized carbons (Fsp3) is 0.333. The Morgan fingerprint density at radius 3 is 2.50 bits per heavy atom. The average Bonchev–Trinajstić information content (AvgIpc) is 3.07. The molecule has 1 heterocycles. The van der Waals surface area contributed by atoms with E-state index in [1.807, 2.05) is 48.5 Å². The molecule has 146 valence electrons. The highest BCUT2D eigenvalue weighted by Gasteiger charge is 2.19. The van der Waals surface area contributed by atoms with E-state index in [0.29, 0.717) is 19.0 Å². The van der Waals surface area contributed by atoms with Gasteiger partial charge in [0, 0.05) is 31.0 Å². The van der Waals surface area contributed by atoms with Gasteiger partial charge in [-0.3, -0.25) is 4.79 Å². The van der Waals surface area contributed by atoms with E-state index in [-0.39, 0.29) is 5.91 Å². The maximum Gasteiger partial charge on any atom is 0.254 e. The molecule has 28 heavy (non-hydrogen) atoms. The largest absolute Gasteiger partial charge is 0.331 e. The molecule has 0 aliphatic carbocycles. The van der Waals surface area contributed by atoms with Gasteiger partial charge in [-0.1, -0.05) is 61.4 Å². The second-order valence-electron chi connectivity index (χ2n) is 7.91. The minimum Gasteiger partial charge on any atom is -0.331 e. The summed E-state index contributed by atoms with van der Waals surface area (Å²) >= 11 is 0. The number of amides is 1. The first-order valence-electron chi connectivity index (χ1n) is 9.84. The Bertz CT molecular complexity index is 925. The predicted octanol–water partition coefficient (Wildman–Crippen LogP) is 4.85. The molecule has 0 radical (unpaired) electrons. The molecule has 1 amide bonds. The Morgan fingerprint density at radius 1 is 1.07 bits per heavy atom. The molecule has 2 aromatic carbocycles. The molecule has 0 bridgehead atoms. The third-order valence-electron chi connectivity index (χ3n) is 4.74. The summed E-state index contributed by atoms with van der Waals surface area (Å²) in [5, 5.41) is 0. The Morgan fingerprint density at radius 2 is 1.82 bits per heavy atom. The molecule has 0 spiro atoms. The molecule has 3 rings (SSSR count). The first-order chi connectivity index (χ1) is 13.4. The van der Waals surface area contributed by atoms with Crippen LogP contribution in [0.3, 0.4) is 0 Å². The number of aromatic nitrogens is 2. The van der Waals surface area contributed by atoms with Crippen LogP contribution in [-0.4, -0.2) is 26.9 Å². The number of carbonyl (C=O) groups excluding carboxylic acids is 1. The van der Waals surface area contributed by atoms with Gasteiger partial charge in [0.25, 0.3) is 5.91 Å². The van der Waals surface area contributed by atoms with Gasteiger partial charge in [-0.15, -0.1) is 0 Å². The van der Waals surface area contributed by atoms with Crippen LogP contribution in [0.5, 0.6) is 0 Å². The van der Waals surface area contributed by atoms with Crippen molar-refractivity contribution in [2.45, 2.75) is 40.8 Å². The molecule has 0 aliphatic rings. The molecular formula is C24H29N3O. The highest BCUT2D eigenvalue weighted by molar-refractivity contribution is 5.94. The van der Waals surface area contributed by atoms with Crippen LogP contribution in [0.4, 0.5) is 0 Å². The summed E-state index contributed by atoms with van der Waals surface area (Å²) in [7, 11) is 0. The summed E-state index contributed by atoms with van der Waals surface area (Å²) < 4.78 is 2.13. The van der Waals surface area contributed by atoms with E-state index in [9.17, 15) is 4.79 Å². The Balaban J connectivity index is 1.81. The average molecular weight is 376 g/mol. The highest BCUT2D eigenvalue weighted by Crippen LogP contribution is 2.14. The van der Waals surface area contributed by atoms with Crippen LogP contribution >= 0.6 is 0 Å². The Kier molecular flexibility index (Phi) is 6.30. The van der Waals surface area contributed by atoms with Crippen LogP contribution in [-0.2, 0) is 13.1 Å². The van der Waals surface area contributed by atoms with Crippen molar-refractivity contribution in [2.75, 3.05) is 6.54 Å². The van der Waals surface area contributed by atoms with Gasteiger partial charge in [0.05, 0.1) is 6.54 Å². The number of carbonyl (C=O) groups is 1. The lowest BCUT2D eigenvalue weighted by molar-refractivity contribution is 0.0716. The number of imidazole rings is 1. The van der Waals surface area contributed by atoms with Gasteiger partial charge in [0.1, 0.15) is 5.82 Å². The summed E-state index contributed by atoms with van der Waals surface area (Å²) in [5.41, 5.74) is 4.36. The van der Waals surface area contributed by atoms with Gasteiger partial charge in [-0.2, -0.15) is 0 Å². The van der Waals surface area contributed by atoms with Crippen LogP contribution < -0.4 is 0 Å². The Hall–Kier alpha value is -2.88. The molecule has 0 aliphatic heterocycles. The van der Waals surface area contributed by atoms with Crippen LogP contribution in [0.15, 0.2) is 60.9 Å². The summed E-state index contributed by atoms with van der Waals surface area (Å²) in [6.45, 7) is 10.4. The Labute approximate surface area is 167 Å². The minimum absolute atomic E-state index is 0.0544. The quantitative estimate of drug-likeness (QED) is 0.592. The zero-order valence-electron chi connectivity index (χ0n) is 17.2. The minimum atomic E-state index is 0.0544. The smallest absolute Gasteiger partial charge is 0.254 e. The van der Waals surface area contributed by atoms with Crippen molar-refractivity contribution < 1.29 is 4.79 Å². The summed E-state index contributed by atoms with van der Waals surface area (Å²) in [6, 6.07) is 16.3. The first-order valence-corrected chi connectivity index (χ1v) is 9.84. The molecule has 0 saturated carbocycles. The van der Waals surface area contributed by atoms with Gasteiger partial charge in [-0.05, 0) is 37.5 Å². The zero-order chi connectivity index (χ0) is 20.1. The summed E-state index contributed by atoms with van der Waals surface area (Å²) in [5.74, 6) is 1.34. The highest BCUT2D eigenvalue weighted by atomic mass is 16.2. The third-order valence-corrected chi connectivity index (χ3v) is 4.74. The van der Waals surface area contributed by atoms with E-state index >= 15 is 0 Å². The van der Waals surface area contributed by atoms with Gasteiger partial charge in [0.2, 0.25) is 0 Å². The van der Waals surface area contributed by atoms with E-state index in [1.165, 1.54) is 11.1 Å². The number of aryl methyl sites for hydroxylation is 2. The fourth-order valence-corrected chi connectivity index (χ4v) is 3.35. The predicted molar refractivity (Wildman–Crippen MR) is 113 cm³/mol. The van der Waals surface area contributed by atoms with Gasteiger partial charge < -0.3 is 9.47 Å². The molecule has 0 unspecified atom stereocenters. The third kappa shape index (κ3) is 5.10. The maximum absolute atomic E-state index is 13.1. The second kappa shape index (κ2) is 8.87. The topological polar surface area (TPSA) is 38.1 Å². The molecular weight excluding hydrogens is 346 g/mol. The zero-order valence-corrected chi connectivity index (χ0v) is 17.2. The molecule has 3 aromatic rings. The molecule has 0 atom stereocenters. The van der Waals surface area contributed by atoms with E-state index in [0.717, 1.165) is 23.5 Å². The standard InChI is InChI=1S/C24H29N3O/c1-18(2)15-27(24(28)22-10-8-19(3)9-11-22)17-23-25-12-13-26(23)16-21-7-5-6-20(4)14-21/h5-14,18H,15-17H2,1-4H3. The van der Waals surface area contributed by atoms with E-state index in [2.05, 4.69) is 54.6 Å². The number of hydrogen-bond acceptors (Lipinski definition) is 2. The monoisotopic (exact) mass is 375 g/mol. The van der Waals surface area contributed by atoms with Crippen LogP contribution in [0, 0.1) is 19.8 Å². The maximum atomic E-state index is 13.1.